The molecule has 4 aromatic rings. The molecule has 2 heterocycles. The Balaban J connectivity index is 1.76. The summed E-state index contributed by atoms with van der Waals surface area (Å²) in [4.78, 5) is 41.1. The van der Waals surface area contributed by atoms with Gasteiger partial charge >= 0.3 is 0 Å². The second kappa shape index (κ2) is 9.15. The first kappa shape index (κ1) is 23.8. The van der Waals surface area contributed by atoms with Crippen molar-refractivity contribution in [3.63, 3.8) is 0 Å². The van der Waals surface area contributed by atoms with Gasteiger partial charge < -0.3 is 15.6 Å². The van der Waals surface area contributed by atoms with Gasteiger partial charge in [-0.05, 0) is 62.4 Å². The average Bonchev–Trinajstić information content (AvgIpc) is 2.81. The Morgan fingerprint density at radius 3 is 2.26 bits per heavy atom. The predicted molar refractivity (Wildman–Crippen MR) is 131 cm³/mol. The summed E-state index contributed by atoms with van der Waals surface area (Å²) in [6.45, 7) is 3.25. The highest BCUT2D eigenvalue weighted by atomic mass is 32.2. The van der Waals surface area contributed by atoms with E-state index in [9.17, 15) is 22.8 Å². The third-order valence-corrected chi connectivity index (χ3v) is 7.18. The number of aryl methyl sites for hydroxylation is 2. The Kier molecular flexibility index (Phi) is 6.23. The minimum absolute atomic E-state index is 0.0230. The molecule has 3 N–H and O–H groups in total. The van der Waals surface area contributed by atoms with E-state index in [-0.39, 0.29) is 22.5 Å². The Bertz CT molecular complexity index is 1620. The smallest absolute Gasteiger partial charge is 0.248 e. The first-order valence-corrected chi connectivity index (χ1v) is 12.1. The molecule has 0 spiro atoms. The van der Waals surface area contributed by atoms with Crippen molar-refractivity contribution >= 4 is 38.4 Å². The van der Waals surface area contributed by atoms with Gasteiger partial charge in [-0.25, -0.2) is 13.4 Å². The lowest BCUT2D eigenvalue weighted by atomic mass is 10.2. The number of fused-ring (bicyclic) bond motifs is 1. The summed E-state index contributed by atoms with van der Waals surface area (Å²) >= 11 is 0. The molecule has 178 valence electrons. The quantitative estimate of drug-likeness (QED) is 0.426. The van der Waals surface area contributed by atoms with E-state index in [1.54, 1.807) is 25.1 Å². The zero-order valence-electron chi connectivity index (χ0n) is 19.0. The minimum Gasteiger partial charge on any atom is -0.366 e. The summed E-state index contributed by atoms with van der Waals surface area (Å²) in [5.74, 6) is -1.07. The molecule has 4 rings (SSSR count). The number of primary amides is 1. The van der Waals surface area contributed by atoms with Crippen molar-refractivity contribution in [1.29, 1.82) is 0 Å². The zero-order chi connectivity index (χ0) is 25.3. The lowest BCUT2D eigenvalue weighted by molar-refractivity contribution is -0.116. The number of anilines is 1. The summed E-state index contributed by atoms with van der Waals surface area (Å²) in [5, 5.41) is 2.76. The molecule has 0 bridgehead atoms. The molecule has 10 heteroatoms. The highest BCUT2D eigenvalue weighted by Gasteiger charge is 2.25. The lowest BCUT2D eigenvalue weighted by Crippen LogP contribution is -2.24. The molecule has 0 radical (unpaired) electrons. The number of nitrogens with two attached hydrogens (primary N) is 1. The van der Waals surface area contributed by atoms with Crippen molar-refractivity contribution in [1.82, 2.24) is 9.55 Å². The van der Waals surface area contributed by atoms with Gasteiger partial charge in [-0.2, -0.15) is 0 Å². The van der Waals surface area contributed by atoms with Crippen LogP contribution in [0.25, 0.3) is 11.0 Å². The number of aromatic nitrogens is 2. The molecule has 0 unspecified atom stereocenters. The van der Waals surface area contributed by atoms with E-state index in [1.165, 1.54) is 47.0 Å². The van der Waals surface area contributed by atoms with E-state index in [0.717, 1.165) is 11.8 Å². The lowest BCUT2D eigenvalue weighted by Gasteiger charge is -2.14. The number of nitrogens with zero attached hydrogens (tertiary/aromatic N) is 2. The van der Waals surface area contributed by atoms with Gasteiger partial charge in [0.15, 0.2) is 0 Å². The van der Waals surface area contributed by atoms with Crippen LogP contribution in [0.1, 0.15) is 21.6 Å². The van der Waals surface area contributed by atoms with Crippen LogP contribution in [0.4, 0.5) is 5.69 Å². The predicted octanol–water partition coefficient (Wildman–Crippen LogP) is 2.58. The van der Waals surface area contributed by atoms with Gasteiger partial charge in [0.1, 0.15) is 17.1 Å². The van der Waals surface area contributed by atoms with Crippen LogP contribution < -0.4 is 16.5 Å². The molecule has 0 saturated carbocycles. The summed E-state index contributed by atoms with van der Waals surface area (Å²) in [5.41, 5.74) is 6.92. The maximum Gasteiger partial charge on any atom is 0.248 e. The fraction of sp³-hybridized carbons (Fsp3) is 0.120. The molecule has 2 amide bonds. The summed E-state index contributed by atoms with van der Waals surface area (Å²) in [6, 6.07) is 15.3. The summed E-state index contributed by atoms with van der Waals surface area (Å²) in [7, 11) is -4.15. The number of nitrogens with one attached hydrogen (secondary N) is 1. The number of carbonyl (C=O) groups excluding carboxylic acids is 2. The normalized spacial score (nSPS) is 11.4. The monoisotopic (exact) mass is 490 g/mol. The van der Waals surface area contributed by atoms with Gasteiger partial charge in [0.05, 0.1) is 10.3 Å². The Hall–Kier alpha value is -4.31. The first-order chi connectivity index (χ1) is 16.6. The van der Waals surface area contributed by atoms with Crippen molar-refractivity contribution in [2.45, 2.75) is 30.2 Å². The summed E-state index contributed by atoms with van der Waals surface area (Å²) in [6.07, 6.45) is 1.15. The maximum atomic E-state index is 13.3. The van der Waals surface area contributed by atoms with E-state index in [1.807, 2.05) is 6.92 Å². The van der Waals surface area contributed by atoms with Crippen LogP contribution in [-0.4, -0.2) is 29.8 Å². The topological polar surface area (TPSA) is 141 Å². The fourth-order valence-electron chi connectivity index (χ4n) is 3.56. The third-order valence-electron chi connectivity index (χ3n) is 5.42. The molecular formula is C25H22N4O5S. The van der Waals surface area contributed by atoms with E-state index >= 15 is 0 Å². The fourth-order valence-corrected chi connectivity index (χ4v) is 4.93. The van der Waals surface area contributed by atoms with Crippen LogP contribution >= 0.6 is 0 Å². The van der Waals surface area contributed by atoms with Crippen molar-refractivity contribution in [3.05, 3.63) is 93.9 Å². The molecular weight excluding hydrogens is 468 g/mol. The number of rotatable bonds is 6. The maximum absolute atomic E-state index is 13.3. The standard InChI is InChI=1S/C25H22N4O5S/c1-15-3-10-19(11-4-15)35(33,34)21-13-29(25-20(23(21)31)12-5-16(2)27-25)14-22(30)28-18-8-6-17(7-9-18)24(26)32/h3-13H,14H2,1-2H3,(H2,26,32)(H,28,30). The largest absolute Gasteiger partial charge is 0.366 e. The van der Waals surface area contributed by atoms with Gasteiger partial charge in [-0.1, -0.05) is 17.7 Å². The van der Waals surface area contributed by atoms with Gasteiger partial charge in [0.25, 0.3) is 0 Å². The zero-order valence-corrected chi connectivity index (χ0v) is 19.8. The molecule has 0 saturated heterocycles. The van der Waals surface area contributed by atoms with Crippen molar-refractivity contribution in [2.24, 2.45) is 5.73 Å². The highest BCUT2D eigenvalue weighted by Crippen LogP contribution is 2.21. The van der Waals surface area contributed by atoms with Crippen molar-refractivity contribution in [3.8, 4) is 0 Å². The molecule has 0 aliphatic rings. The molecule has 0 aliphatic carbocycles. The van der Waals surface area contributed by atoms with Crippen molar-refractivity contribution < 1.29 is 18.0 Å². The van der Waals surface area contributed by atoms with Crippen LogP contribution in [0.3, 0.4) is 0 Å². The van der Waals surface area contributed by atoms with E-state index in [2.05, 4.69) is 10.3 Å². The van der Waals surface area contributed by atoms with Crippen LogP contribution in [0.5, 0.6) is 0 Å². The van der Waals surface area contributed by atoms with Gasteiger partial charge in [-0.3, -0.25) is 14.4 Å². The Morgan fingerprint density at radius 2 is 1.63 bits per heavy atom. The number of benzene rings is 2. The van der Waals surface area contributed by atoms with Crippen LogP contribution in [0, 0.1) is 13.8 Å². The van der Waals surface area contributed by atoms with Crippen molar-refractivity contribution in [2.75, 3.05) is 5.32 Å². The van der Waals surface area contributed by atoms with Crippen LogP contribution in [0.2, 0.25) is 0 Å². The van der Waals surface area contributed by atoms with Gasteiger partial charge in [-0.15, -0.1) is 0 Å². The second-order valence-electron chi connectivity index (χ2n) is 8.08. The third kappa shape index (κ3) is 4.82. The van der Waals surface area contributed by atoms with E-state index in [0.29, 0.717) is 16.9 Å². The summed E-state index contributed by atoms with van der Waals surface area (Å²) < 4.78 is 28.0. The number of hydrogen-bond acceptors (Lipinski definition) is 6. The molecule has 0 atom stereocenters. The number of hydrogen-bond donors (Lipinski definition) is 2. The molecule has 0 aliphatic heterocycles. The average molecular weight is 491 g/mol. The molecule has 2 aromatic carbocycles. The molecule has 0 fully saturated rings. The SMILES string of the molecule is Cc1ccc(S(=O)(=O)c2cn(CC(=O)Nc3ccc(C(N)=O)cc3)c3nc(C)ccc3c2=O)cc1. The molecule has 35 heavy (non-hydrogen) atoms. The van der Waals surface area contributed by atoms with E-state index in [4.69, 9.17) is 5.73 Å². The Morgan fingerprint density at radius 1 is 0.971 bits per heavy atom. The highest BCUT2D eigenvalue weighted by molar-refractivity contribution is 7.91. The first-order valence-electron chi connectivity index (χ1n) is 10.6. The Labute approximate surface area is 201 Å². The van der Waals surface area contributed by atoms with Gasteiger partial charge in [0.2, 0.25) is 27.1 Å². The number of amides is 2. The van der Waals surface area contributed by atoms with Crippen LogP contribution in [0.15, 0.2) is 81.4 Å². The number of carbonyl (C=O) groups is 2. The molecule has 2 aromatic heterocycles. The second-order valence-corrected chi connectivity index (χ2v) is 10.00. The number of sulfone groups is 1. The van der Waals surface area contributed by atoms with Crippen LogP contribution in [-0.2, 0) is 21.2 Å². The minimum atomic E-state index is -4.15. The molecule has 9 nitrogen and oxygen atoms in total. The van der Waals surface area contributed by atoms with Gasteiger partial charge in [0, 0.05) is 23.1 Å². The van der Waals surface area contributed by atoms with E-state index < -0.39 is 32.0 Å². The number of pyridine rings is 2.